The topological polar surface area (TPSA) is 84.2 Å². The molecule has 1 unspecified atom stereocenters. The maximum Gasteiger partial charge on any atom is 0.257 e. The van der Waals surface area contributed by atoms with Crippen molar-refractivity contribution in [3.05, 3.63) is 52.6 Å². The predicted octanol–water partition coefficient (Wildman–Crippen LogP) is 4.59. The molecule has 1 atom stereocenters. The molecule has 0 spiro atoms. The fourth-order valence-electron chi connectivity index (χ4n) is 2.35. The monoisotopic (exact) mass is 433 g/mol. The number of nitrogens with one attached hydrogen (secondary N) is 2. The Balaban J connectivity index is 1.79. The molecule has 5 nitrogen and oxygen atoms in total. The summed E-state index contributed by atoms with van der Waals surface area (Å²) in [6, 6.07) is 5.67. The molecule has 3 rings (SSSR count). The van der Waals surface area contributed by atoms with Gasteiger partial charge in [-0.25, -0.2) is 8.78 Å². The van der Waals surface area contributed by atoms with Crippen LogP contribution in [0.15, 0.2) is 30.3 Å². The lowest BCUT2D eigenvalue weighted by Crippen LogP contribution is -2.18. The smallest absolute Gasteiger partial charge is 0.257 e. The molecule has 1 saturated carbocycles. The summed E-state index contributed by atoms with van der Waals surface area (Å²) in [6.45, 7) is 0. The molecule has 0 saturated heterocycles. The third-order valence-corrected chi connectivity index (χ3v) is 5.12. The third-order valence-electron chi connectivity index (χ3n) is 3.96. The van der Waals surface area contributed by atoms with Crippen LogP contribution < -0.4 is 16.4 Å². The normalized spacial score (nSPS) is 17.3. The Labute approximate surface area is 167 Å². The number of nitrogens with two attached hydrogens (primary N) is 1. The minimum atomic E-state index is -1.09. The van der Waals surface area contributed by atoms with Crippen molar-refractivity contribution in [1.29, 1.82) is 0 Å². The van der Waals surface area contributed by atoms with Gasteiger partial charge >= 0.3 is 0 Å². The van der Waals surface area contributed by atoms with Crippen LogP contribution in [0.3, 0.4) is 0 Å². The number of halogens is 5. The van der Waals surface area contributed by atoms with E-state index in [1.165, 1.54) is 18.2 Å². The highest BCUT2D eigenvalue weighted by Crippen LogP contribution is 2.53. The van der Waals surface area contributed by atoms with Gasteiger partial charge in [-0.3, -0.25) is 9.59 Å². The van der Waals surface area contributed by atoms with Gasteiger partial charge < -0.3 is 16.4 Å². The number of carbonyl (C=O) groups excluding carboxylic acids is 2. The van der Waals surface area contributed by atoms with Crippen molar-refractivity contribution in [2.75, 3.05) is 16.4 Å². The van der Waals surface area contributed by atoms with Crippen molar-refractivity contribution in [2.24, 2.45) is 5.92 Å². The molecule has 0 bridgehead atoms. The Kier molecular flexibility index (Phi) is 5.20. The molecule has 1 aliphatic carbocycles. The average Bonchev–Trinajstić information content (AvgIpc) is 3.23. The fraction of sp³-hybridized carbons (Fsp3) is 0.176. The van der Waals surface area contributed by atoms with Gasteiger partial charge in [-0.1, -0.05) is 11.6 Å². The zero-order chi connectivity index (χ0) is 19.9. The van der Waals surface area contributed by atoms with Crippen LogP contribution in [-0.4, -0.2) is 16.1 Å². The van der Waals surface area contributed by atoms with E-state index in [9.17, 15) is 18.4 Å². The van der Waals surface area contributed by atoms with E-state index in [4.69, 9.17) is 40.5 Å². The molecule has 4 N–H and O–H groups in total. The second kappa shape index (κ2) is 7.14. The molecule has 0 heterocycles. The second-order valence-electron chi connectivity index (χ2n) is 6.01. The number of hydrogen-bond acceptors (Lipinski definition) is 3. The van der Waals surface area contributed by atoms with Crippen LogP contribution in [0.2, 0.25) is 5.02 Å². The zero-order valence-corrected chi connectivity index (χ0v) is 15.7. The van der Waals surface area contributed by atoms with Crippen LogP contribution in [0.1, 0.15) is 16.8 Å². The Hall–Kier alpha value is -2.09. The van der Waals surface area contributed by atoms with Gasteiger partial charge in [-0.2, -0.15) is 0 Å². The van der Waals surface area contributed by atoms with Crippen LogP contribution in [0, 0.1) is 17.6 Å². The minimum absolute atomic E-state index is 0.0510. The highest BCUT2D eigenvalue weighted by atomic mass is 35.5. The summed E-state index contributed by atoms with van der Waals surface area (Å²) in [5.74, 6) is -3.54. The molecule has 1 fully saturated rings. The van der Waals surface area contributed by atoms with Crippen LogP contribution in [0.4, 0.5) is 25.8 Å². The number of rotatable bonds is 4. The van der Waals surface area contributed by atoms with Gasteiger partial charge in [0.1, 0.15) is 16.0 Å². The second-order valence-corrected chi connectivity index (χ2v) is 7.96. The summed E-state index contributed by atoms with van der Waals surface area (Å²) in [6.07, 6.45) is 0.324. The number of anilines is 3. The lowest BCUT2D eigenvalue weighted by atomic mass is 10.1. The van der Waals surface area contributed by atoms with E-state index in [-0.39, 0.29) is 22.0 Å². The quantitative estimate of drug-likeness (QED) is 0.486. The lowest BCUT2D eigenvalue weighted by Gasteiger charge is -2.11. The first kappa shape index (κ1) is 19.7. The number of amides is 2. The standard InChI is InChI=1S/C17H12Cl3F2N3O2/c18-10-2-1-7(24-16(27)9-6-17(9,19)20)3-8(10)15(26)25-14-5-11(21)13(23)4-12(14)22/h1-5,9H,6,23H2,(H,24,27)(H,25,26). The summed E-state index contributed by atoms with van der Waals surface area (Å²) < 4.78 is 26.3. The van der Waals surface area contributed by atoms with Crippen LogP contribution >= 0.6 is 34.8 Å². The summed E-state index contributed by atoms with van der Waals surface area (Å²) in [5.41, 5.74) is 4.70. The van der Waals surface area contributed by atoms with E-state index >= 15 is 0 Å². The maximum atomic E-state index is 13.9. The Morgan fingerprint density at radius 2 is 1.78 bits per heavy atom. The van der Waals surface area contributed by atoms with Crippen molar-refractivity contribution in [2.45, 2.75) is 10.8 Å². The van der Waals surface area contributed by atoms with Gasteiger partial charge in [-0.15, -0.1) is 23.2 Å². The first-order chi connectivity index (χ1) is 12.6. The molecule has 2 amide bonds. The van der Waals surface area contributed by atoms with Gasteiger partial charge in [0.05, 0.1) is 27.9 Å². The van der Waals surface area contributed by atoms with E-state index < -0.39 is 39.4 Å². The first-order valence-electron chi connectivity index (χ1n) is 7.62. The molecule has 10 heteroatoms. The van der Waals surface area contributed by atoms with Crippen LogP contribution in [-0.2, 0) is 4.79 Å². The maximum absolute atomic E-state index is 13.9. The number of nitrogen functional groups attached to an aromatic ring is 1. The largest absolute Gasteiger partial charge is 0.396 e. The van der Waals surface area contributed by atoms with E-state index in [0.29, 0.717) is 6.42 Å². The number of benzene rings is 2. The number of alkyl halides is 2. The molecule has 142 valence electrons. The van der Waals surface area contributed by atoms with Gasteiger partial charge in [0.25, 0.3) is 5.91 Å². The number of hydrogen-bond donors (Lipinski definition) is 3. The molecule has 0 radical (unpaired) electrons. The number of carbonyl (C=O) groups is 2. The molecular formula is C17H12Cl3F2N3O2. The summed E-state index contributed by atoms with van der Waals surface area (Å²) in [4.78, 5) is 24.4. The highest BCUT2D eigenvalue weighted by Gasteiger charge is 2.56. The molecule has 2 aromatic carbocycles. The van der Waals surface area contributed by atoms with Crippen molar-refractivity contribution >= 4 is 63.7 Å². The van der Waals surface area contributed by atoms with Crippen LogP contribution in [0.25, 0.3) is 0 Å². The van der Waals surface area contributed by atoms with Crippen molar-refractivity contribution in [1.82, 2.24) is 0 Å². The summed E-state index contributed by atoms with van der Waals surface area (Å²) >= 11 is 17.7. The summed E-state index contributed by atoms with van der Waals surface area (Å²) in [5, 5.41) is 4.85. The minimum Gasteiger partial charge on any atom is -0.396 e. The fourth-order valence-corrected chi connectivity index (χ4v) is 3.06. The summed E-state index contributed by atoms with van der Waals surface area (Å²) in [7, 11) is 0. The lowest BCUT2D eigenvalue weighted by molar-refractivity contribution is -0.117. The van der Waals surface area contributed by atoms with E-state index in [1.807, 2.05) is 0 Å². The van der Waals surface area contributed by atoms with E-state index in [2.05, 4.69) is 10.6 Å². The molecule has 0 aromatic heterocycles. The van der Waals surface area contributed by atoms with Crippen LogP contribution in [0.5, 0.6) is 0 Å². The third kappa shape index (κ3) is 4.26. The van der Waals surface area contributed by atoms with E-state index in [1.54, 1.807) is 0 Å². The van der Waals surface area contributed by atoms with Gasteiger partial charge in [0, 0.05) is 17.8 Å². The molecule has 0 aliphatic heterocycles. The molecular weight excluding hydrogens is 423 g/mol. The van der Waals surface area contributed by atoms with Crippen molar-refractivity contribution < 1.29 is 18.4 Å². The first-order valence-corrected chi connectivity index (χ1v) is 8.76. The predicted molar refractivity (Wildman–Crippen MR) is 101 cm³/mol. The van der Waals surface area contributed by atoms with E-state index in [0.717, 1.165) is 12.1 Å². The van der Waals surface area contributed by atoms with Crippen molar-refractivity contribution in [3.63, 3.8) is 0 Å². The van der Waals surface area contributed by atoms with Crippen molar-refractivity contribution in [3.8, 4) is 0 Å². The zero-order valence-electron chi connectivity index (χ0n) is 13.5. The Morgan fingerprint density at radius 1 is 1.11 bits per heavy atom. The SMILES string of the molecule is Nc1cc(F)c(NC(=O)c2cc(NC(=O)C3CC3(Cl)Cl)ccc2Cl)cc1F. The highest BCUT2D eigenvalue weighted by molar-refractivity contribution is 6.52. The van der Waals surface area contributed by atoms with Gasteiger partial charge in [0.15, 0.2) is 0 Å². The average molecular weight is 435 g/mol. The molecule has 2 aromatic rings. The van der Waals surface area contributed by atoms with Gasteiger partial charge in [0.2, 0.25) is 5.91 Å². The van der Waals surface area contributed by atoms with Gasteiger partial charge in [-0.05, 0) is 24.6 Å². The molecule has 1 aliphatic rings. The molecule has 27 heavy (non-hydrogen) atoms. The Bertz CT molecular complexity index is 953. The Morgan fingerprint density at radius 3 is 2.41 bits per heavy atom.